The number of aromatic nitrogens is 2. The Labute approximate surface area is 109 Å². The van der Waals surface area contributed by atoms with Crippen LogP contribution in [0.3, 0.4) is 0 Å². The fraction of sp³-hybridized carbons (Fsp3) is 0.308. The van der Waals surface area contributed by atoms with Gasteiger partial charge in [0.25, 0.3) is 0 Å². The SMILES string of the molecule is CCOC(=O)C(=O)N1CCn2c1nc1ccccc12. The molecule has 0 radical (unpaired) electrons. The lowest BCUT2D eigenvalue weighted by Gasteiger charge is -2.12. The number of para-hydroxylation sites is 2. The van der Waals surface area contributed by atoms with Crippen LogP contribution in [0.1, 0.15) is 6.92 Å². The molecule has 19 heavy (non-hydrogen) atoms. The monoisotopic (exact) mass is 259 g/mol. The number of rotatable bonds is 1. The summed E-state index contributed by atoms with van der Waals surface area (Å²) in [5.74, 6) is -0.974. The first-order valence-electron chi connectivity index (χ1n) is 6.16. The normalized spacial score (nSPS) is 13.6. The molecule has 6 heteroatoms. The molecule has 1 aromatic carbocycles. The minimum Gasteiger partial charge on any atom is -0.459 e. The van der Waals surface area contributed by atoms with Crippen molar-refractivity contribution in [1.29, 1.82) is 0 Å². The highest BCUT2D eigenvalue weighted by Crippen LogP contribution is 2.27. The number of fused-ring (bicyclic) bond motifs is 3. The van der Waals surface area contributed by atoms with Crippen LogP contribution in [-0.4, -0.2) is 34.6 Å². The van der Waals surface area contributed by atoms with Crippen molar-refractivity contribution in [2.75, 3.05) is 18.1 Å². The van der Waals surface area contributed by atoms with E-state index in [2.05, 4.69) is 4.98 Å². The third kappa shape index (κ3) is 1.76. The summed E-state index contributed by atoms with van der Waals surface area (Å²) in [6, 6.07) is 7.65. The first kappa shape index (κ1) is 11.7. The van der Waals surface area contributed by atoms with Gasteiger partial charge < -0.3 is 9.30 Å². The van der Waals surface area contributed by atoms with E-state index in [-0.39, 0.29) is 6.61 Å². The molecule has 0 spiro atoms. The predicted molar refractivity (Wildman–Crippen MR) is 68.7 cm³/mol. The van der Waals surface area contributed by atoms with Gasteiger partial charge in [-0.25, -0.2) is 9.78 Å². The van der Waals surface area contributed by atoms with Crippen molar-refractivity contribution in [3.05, 3.63) is 24.3 Å². The molecule has 1 aromatic heterocycles. The Hall–Kier alpha value is -2.37. The highest BCUT2D eigenvalue weighted by Gasteiger charge is 2.32. The van der Waals surface area contributed by atoms with Crippen molar-refractivity contribution in [2.24, 2.45) is 0 Å². The molecule has 0 unspecified atom stereocenters. The van der Waals surface area contributed by atoms with Crippen LogP contribution in [-0.2, 0) is 20.9 Å². The molecule has 0 N–H and O–H groups in total. The van der Waals surface area contributed by atoms with Crippen molar-refractivity contribution in [2.45, 2.75) is 13.5 Å². The van der Waals surface area contributed by atoms with E-state index in [9.17, 15) is 9.59 Å². The molecule has 0 atom stereocenters. The Kier molecular flexibility index (Phi) is 2.70. The summed E-state index contributed by atoms with van der Waals surface area (Å²) in [4.78, 5) is 29.2. The molecule has 1 amide bonds. The minimum absolute atomic E-state index is 0.189. The Bertz CT molecular complexity index is 662. The molecule has 2 aromatic rings. The maximum Gasteiger partial charge on any atom is 0.397 e. The van der Waals surface area contributed by atoms with Crippen LogP contribution >= 0.6 is 0 Å². The van der Waals surface area contributed by atoms with Gasteiger partial charge >= 0.3 is 11.9 Å². The molecular formula is C13H13N3O3. The number of benzene rings is 1. The fourth-order valence-corrected chi connectivity index (χ4v) is 2.28. The van der Waals surface area contributed by atoms with Crippen LogP contribution in [0.4, 0.5) is 5.95 Å². The lowest BCUT2D eigenvalue weighted by Crippen LogP contribution is -2.36. The van der Waals surface area contributed by atoms with E-state index < -0.39 is 11.9 Å². The number of carbonyl (C=O) groups excluding carboxylic acids is 2. The van der Waals surface area contributed by atoms with Gasteiger partial charge in [0.2, 0.25) is 5.95 Å². The van der Waals surface area contributed by atoms with E-state index >= 15 is 0 Å². The van der Waals surface area contributed by atoms with Crippen LogP contribution in [0.5, 0.6) is 0 Å². The summed E-state index contributed by atoms with van der Waals surface area (Å²) < 4.78 is 6.67. The molecule has 0 bridgehead atoms. The van der Waals surface area contributed by atoms with Crippen LogP contribution in [0.2, 0.25) is 0 Å². The smallest absolute Gasteiger partial charge is 0.397 e. The van der Waals surface area contributed by atoms with Gasteiger partial charge in [-0.05, 0) is 19.1 Å². The number of anilines is 1. The lowest BCUT2D eigenvalue weighted by atomic mass is 10.3. The maximum absolute atomic E-state index is 12.0. The average Bonchev–Trinajstić information content (AvgIpc) is 2.96. The number of carbonyl (C=O) groups is 2. The number of esters is 1. The molecular weight excluding hydrogens is 246 g/mol. The molecule has 98 valence electrons. The van der Waals surface area contributed by atoms with Crippen LogP contribution in [0, 0.1) is 0 Å². The van der Waals surface area contributed by atoms with Gasteiger partial charge in [0.15, 0.2) is 0 Å². The van der Waals surface area contributed by atoms with Crippen molar-refractivity contribution in [1.82, 2.24) is 9.55 Å². The van der Waals surface area contributed by atoms with Crippen molar-refractivity contribution in [3.8, 4) is 0 Å². The molecule has 0 saturated heterocycles. The van der Waals surface area contributed by atoms with Gasteiger partial charge in [-0.15, -0.1) is 0 Å². The Morgan fingerprint density at radius 3 is 2.89 bits per heavy atom. The molecule has 3 rings (SSSR count). The standard InChI is InChI=1S/C13H13N3O3/c1-2-19-12(18)11(17)16-8-7-15-10-6-4-3-5-9(10)14-13(15)16/h3-6H,2,7-8H2,1H3. The number of nitrogens with zero attached hydrogens (tertiary/aromatic N) is 3. The Balaban J connectivity index is 1.98. The summed E-state index contributed by atoms with van der Waals surface area (Å²) in [7, 11) is 0. The zero-order valence-corrected chi connectivity index (χ0v) is 10.5. The maximum atomic E-state index is 12.0. The van der Waals surface area contributed by atoms with E-state index in [1.807, 2.05) is 28.8 Å². The van der Waals surface area contributed by atoms with Crippen LogP contribution in [0.25, 0.3) is 11.0 Å². The van der Waals surface area contributed by atoms with Crippen molar-refractivity contribution < 1.29 is 14.3 Å². The molecule has 1 aliphatic rings. The van der Waals surface area contributed by atoms with Gasteiger partial charge in [0, 0.05) is 13.1 Å². The molecule has 6 nitrogen and oxygen atoms in total. The number of hydrogen-bond donors (Lipinski definition) is 0. The van der Waals surface area contributed by atoms with Crippen LogP contribution in [0.15, 0.2) is 24.3 Å². The van der Waals surface area contributed by atoms with E-state index in [1.165, 1.54) is 4.90 Å². The van der Waals surface area contributed by atoms with Crippen molar-refractivity contribution in [3.63, 3.8) is 0 Å². The first-order chi connectivity index (χ1) is 9.22. The third-order valence-corrected chi connectivity index (χ3v) is 3.12. The molecule has 0 saturated carbocycles. The summed E-state index contributed by atoms with van der Waals surface area (Å²) in [5.41, 5.74) is 1.79. The lowest BCUT2D eigenvalue weighted by molar-refractivity contribution is -0.153. The summed E-state index contributed by atoms with van der Waals surface area (Å²) in [6.45, 7) is 2.95. The number of imidazole rings is 1. The second kappa shape index (κ2) is 4.38. The molecule has 2 heterocycles. The van der Waals surface area contributed by atoms with E-state index in [4.69, 9.17) is 4.74 Å². The Morgan fingerprint density at radius 2 is 2.11 bits per heavy atom. The number of amides is 1. The minimum atomic E-state index is -0.831. The van der Waals surface area contributed by atoms with Gasteiger partial charge in [-0.3, -0.25) is 9.69 Å². The highest BCUT2D eigenvalue weighted by atomic mass is 16.5. The van der Waals surface area contributed by atoms with E-state index in [1.54, 1.807) is 6.92 Å². The van der Waals surface area contributed by atoms with E-state index in [0.717, 1.165) is 11.0 Å². The highest BCUT2D eigenvalue weighted by molar-refractivity contribution is 6.38. The average molecular weight is 259 g/mol. The fourth-order valence-electron chi connectivity index (χ4n) is 2.28. The molecule has 1 aliphatic heterocycles. The van der Waals surface area contributed by atoms with Gasteiger partial charge in [0.05, 0.1) is 17.6 Å². The zero-order chi connectivity index (χ0) is 13.4. The van der Waals surface area contributed by atoms with E-state index in [0.29, 0.717) is 19.0 Å². The number of ether oxygens (including phenoxy) is 1. The van der Waals surface area contributed by atoms with Gasteiger partial charge in [-0.1, -0.05) is 12.1 Å². The molecule has 0 fully saturated rings. The quantitative estimate of drug-likeness (QED) is 0.565. The summed E-state index contributed by atoms with van der Waals surface area (Å²) >= 11 is 0. The third-order valence-electron chi connectivity index (χ3n) is 3.12. The van der Waals surface area contributed by atoms with Crippen LogP contribution < -0.4 is 4.90 Å². The first-order valence-corrected chi connectivity index (χ1v) is 6.16. The van der Waals surface area contributed by atoms with Crippen molar-refractivity contribution >= 4 is 28.9 Å². The second-order valence-electron chi connectivity index (χ2n) is 4.23. The van der Waals surface area contributed by atoms with Gasteiger partial charge in [0.1, 0.15) is 0 Å². The Morgan fingerprint density at radius 1 is 1.32 bits per heavy atom. The van der Waals surface area contributed by atoms with Gasteiger partial charge in [-0.2, -0.15) is 0 Å². The predicted octanol–water partition coefficient (Wildman–Crippen LogP) is 0.946. The summed E-state index contributed by atoms with van der Waals surface area (Å²) in [5, 5.41) is 0. The summed E-state index contributed by atoms with van der Waals surface area (Å²) in [6.07, 6.45) is 0. The largest absolute Gasteiger partial charge is 0.459 e. The zero-order valence-electron chi connectivity index (χ0n) is 10.5. The topological polar surface area (TPSA) is 64.4 Å². The molecule has 0 aliphatic carbocycles. The number of hydrogen-bond acceptors (Lipinski definition) is 4. The second-order valence-corrected chi connectivity index (χ2v) is 4.23.